The summed E-state index contributed by atoms with van der Waals surface area (Å²) in [7, 11) is 5.69. The molecule has 74 valence electrons. The predicted molar refractivity (Wildman–Crippen MR) is 56.8 cm³/mol. The van der Waals surface area contributed by atoms with Crippen LogP contribution in [0.25, 0.3) is 5.65 Å². The summed E-state index contributed by atoms with van der Waals surface area (Å²) in [5, 5.41) is 0. The first-order valence-corrected chi connectivity index (χ1v) is 5.01. The van der Waals surface area contributed by atoms with E-state index in [1.165, 1.54) is 0 Å². The van der Waals surface area contributed by atoms with E-state index < -0.39 is 0 Å². The van der Waals surface area contributed by atoms with Crippen molar-refractivity contribution < 1.29 is 4.74 Å². The third-order valence-electron chi connectivity index (χ3n) is 2.35. The normalized spacial score (nSPS) is 15.8. The van der Waals surface area contributed by atoms with E-state index >= 15 is 0 Å². The van der Waals surface area contributed by atoms with E-state index in [0.29, 0.717) is 17.6 Å². The van der Waals surface area contributed by atoms with E-state index in [4.69, 9.17) is 12.6 Å². The van der Waals surface area contributed by atoms with Crippen molar-refractivity contribution in [1.82, 2.24) is 14.4 Å². The second-order valence-electron chi connectivity index (χ2n) is 3.90. The Hall–Kier alpha value is -1.52. The molecule has 2 radical (unpaired) electrons. The molecule has 0 aliphatic heterocycles. The highest BCUT2D eigenvalue weighted by atomic mass is 16.5. The van der Waals surface area contributed by atoms with Crippen LogP contribution in [0.1, 0.15) is 18.5 Å². The standard InChI is InChI=1S/C10H10BN3O/c1-6-4-14-5-8(11)13-10(9(14)12-6)15-7-2-3-7/h4-5,7H,2-3H2,1H3. The molecule has 0 N–H and O–H groups in total. The molecular formula is C10H10BN3O. The molecule has 2 heterocycles. The van der Waals surface area contributed by atoms with Gasteiger partial charge in [-0.15, -0.1) is 0 Å². The Balaban J connectivity index is 2.15. The van der Waals surface area contributed by atoms with Crippen LogP contribution in [0.2, 0.25) is 0 Å². The number of rotatable bonds is 2. The first-order chi connectivity index (χ1) is 7.22. The Bertz CT molecular complexity index is 519. The van der Waals surface area contributed by atoms with Crippen molar-refractivity contribution >= 4 is 19.1 Å². The van der Waals surface area contributed by atoms with Crippen LogP contribution >= 0.6 is 0 Å². The molecule has 3 rings (SSSR count). The van der Waals surface area contributed by atoms with Crippen LogP contribution < -0.4 is 10.3 Å². The van der Waals surface area contributed by atoms with Gasteiger partial charge in [0, 0.05) is 18.0 Å². The van der Waals surface area contributed by atoms with Crippen molar-refractivity contribution in [2.24, 2.45) is 0 Å². The summed E-state index contributed by atoms with van der Waals surface area (Å²) in [5.74, 6) is 0.547. The van der Waals surface area contributed by atoms with Crippen LogP contribution in [-0.2, 0) is 0 Å². The lowest BCUT2D eigenvalue weighted by Gasteiger charge is -2.05. The van der Waals surface area contributed by atoms with Crippen LogP contribution in [0.3, 0.4) is 0 Å². The number of hydrogen-bond acceptors (Lipinski definition) is 3. The second kappa shape index (κ2) is 2.99. The minimum absolute atomic E-state index is 0.306. The third kappa shape index (κ3) is 1.58. The summed E-state index contributed by atoms with van der Waals surface area (Å²) in [6.45, 7) is 1.93. The van der Waals surface area contributed by atoms with E-state index in [2.05, 4.69) is 9.97 Å². The fourth-order valence-electron chi connectivity index (χ4n) is 1.53. The van der Waals surface area contributed by atoms with Crippen molar-refractivity contribution in [3.63, 3.8) is 0 Å². The van der Waals surface area contributed by atoms with Crippen molar-refractivity contribution in [3.8, 4) is 5.88 Å². The smallest absolute Gasteiger partial charge is 0.258 e. The average Bonchev–Trinajstić information content (AvgIpc) is 2.87. The predicted octanol–water partition coefficient (Wildman–Crippen LogP) is 0.373. The number of imidazole rings is 1. The minimum Gasteiger partial charge on any atom is -0.472 e. The van der Waals surface area contributed by atoms with Crippen LogP contribution in [0.5, 0.6) is 5.88 Å². The molecule has 0 atom stereocenters. The van der Waals surface area contributed by atoms with Crippen LogP contribution in [0.15, 0.2) is 12.4 Å². The van der Waals surface area contributed by atoms with Crippen LogP contribution in [0.4, 0.5) is 0 Å². The zero-order valence-corrected chi connectivity index (χ0v) is 8.47. The minimum atomic E-state index is 0.306. The SMILES string of the molecule is [B]c1cn2cc(C)nc2c(OC2CC2)n1. The van der Waals surface area contributed by atoms with Gasteiger partial charge in [-0.25, -0.2) is 9.97 Å². The Morgan fingerprint density at radius 3 is 2.93 bits per heavy atom. The first kappa shape index (κ1) is 8.77. The topological polar surface area (TPSA) is 39.4 Å². The van der Waals surface area contributed by atoms with Gasteiger partial charge in [0.05, 0.1) is 5.69 Å². The Morgan fingerprint density at radius 2 is 2.20 bits per heavy atom. The molecule has 1 aliphatic carbocycles. The van der Waals surface area contributed by atoms with E-state index in [0.717, 1.165) is 24.2 Å². The van der Waals surface area contributed by atoms with Gasteiger partial charge in [0.25, 0.3) is 5.88 Å². The highest BCUT2D eigenvalue weighted by Crippen LogP contribution is 2.27. The highest BCUT2D eigenvalue weighted by Gasteiger charge is 2.25. The Labute approximate surface area is 88.7 Å². The van der Waals surface area contributed by atoms with Gasteiger partial charge < -0.3 is 9.14 Å². The van der Waals surface area contributed by atoms with Crippen molar-refractivity contribution in [1.29, 1.82) is 0 Å². The molecule has 0 bridgehead atoms. The number of nitrogens with zero attached hydrogens (tertiary/aromatic N) is 3. The van der Waals surface area contributed by atoms with Crippen LogP contribution in [0, 0.1) is 6.92 Å². The number of aromatic nitrogens is 3. The molecule has 0 amide bonds. The lowest BCUT2D eigenvalue weighted by atomic mass is 10.1. The molecule has 1 aliphatic rings. The van der Waals surface area contributed by atoms with Crippen molar-refractivity contribution in [2.75, 3.05) is 0 Å². The molecule has 15 heavy (non-hydrogen) atoms. The quantitative estimate of drug-likeness (QED) is 0.656. The lowest BCUT2D eigenvalue weighted by molar-refractivity contribution is 0.294. The summed E-state index contributed by atoms with van der Waals surface area (Å²) >= 11 is 0. The molecule has 4 nitrogen and oxygen atoms in total. The third-order valence-corrected chi connectivity index (χ3v) is 2.35. The summed E-state index contributed by atoms with van der Waals surface area (Å²) in [4.78, 5) is 8.52. The molecular weight excluding hydrogens is 189 g/mol. The molecule has 0 spiro atoms. The van der Waals surface area contributed by atoms with Gasteiger partial charge in [0.1, 0.15) is 14.0 Å². The monoisotopic (exact) mass is 199 g/mol. The fourth-order valence-corrected chi connectivity index (χ4v) is 1.53. The van der Waals surface area contributed by atoms with Crippen LogP contribution in [-0.4, -0.2) is 28.3 Å². The summed E-state index contributed by atoms with van der Waals surface area (Å²) in [6.07, 6.45) is 6.16. The van der Waals surface area contributed by atoms with E-state index in [1.54, 1.807) is 6.20 Å². The Morgan fingerprint density at radius 1 is 1.40 bits per heavy atom. The fraction of sp³-hybridized carbons (Fsp3) is 0.400. The average molecular weight is 199 g/mol. The van der Waals surface area contributed by atoms with Gasteiger partial charge in [-0.3, -0.25) is 0 Å². The van der Waals surface area contributed by atoms with E-state index in [-0.39, 0.29) is 0 Å². The maximum absolute atomic E-state index is 5.69. The van der Waals surface area contributed by atoms with Gasteiger partial charge in [0.15, 0.2) is 0 Å². The molecule has 0 aromatic carbocycles. The summed E-state index contributed by atoms with van der Waals surface area (Å²) < 4.78 is 7.51. The Kier molecular flexibility index (Phi) is 1.74. The molecule has 5 heteroatoms. The maximum Gasteiger partial charge on any atom is 0.258 e. The number of aryl methyl sites for hydroxylation is 1. The van der Waals surface area contributed by atoms with Gasteiger partial charge >= 0.3 is 0 Å². The molecule has 2 aromatic rings. The molecule has 2 aromatic heterocycles. The molecule has 1 fully saturated rings. The van der Waals surface area contributed by atoms with E-state index in [1.807, 2.05) is 17.5 Å². The van der Waals surface area contributed by atoms with Crippen molar-refractivity contribution in [3.05, 3.63) is 18.1 Å². The molecule has 0 unspecified atom stereocenters. The maximum atomic E-state index is 5.69. The van der Waals surface area contributed by atoms with Gasteiger partial charge in [-0.2, -0.15) is 0 Å². The lowest BCUT2D eigenvalue weighted by Crippen LogP contribution is -2.13. The summed E-state index contributed by atoms with van der Waals surface area (Å²) in [5.41, 5.74) is 2.13. The van der Waals surface area contributed by atoms with Gasteiger partial charge in [0.2, 0.25) is 5.65 Å². The number of fused-ring (bicyclic) bond motifs is 1. The summed E-state index contributed by atoms with van der Waals surface area (Å²) in [6, 6.07) is 0. The number of hydrogen-bond donors (Lipinski definition) is 0. The number of ether oxygens (including phenoxy) is 1. The zero-order valence-electron chi connectivity index (χ0n) is 8.47. The van der Waals surface area contributed by atoms with E-state index in [9.17, 15) is 0 Å². The highest BCUT2D eigenvalue weighted by molar-refractivity contribution is 6.30. The largest absolute Gasteiger partial charge is 0.472 e. The molecule has 0 saturated heterocycles. The second-order valence-corrected chi connectivity index (χ2v) is 3.90. The zero-order chi connectivity index (χ0) is 10.4. The molecule has 1 saturated carbocycles. The van der Waals surface area contributed by atoms with Gasteiger partial charge in [-0.05, 0) is 19.8 Å². The first-order valence-electron chi connectivity index (χ1n) is 5.01. The van der Waals surface area contributed by atoms with Crippen molar-refractivity contribution in [2.45, 2.75) is 25.9 Å². The van der Waals surface area contributed by atoms with Gasteiger partial charge in [-0.1, -0.05) is 0 Å².